The molecule has 2 aliphatic rings. The van der Waals surface area contributed by atoms with Crippen molar-refractivity contribution in [3.05, 3.63) is 65.7 Å². The zero-order valence-corrected chi connectivity index (χ0v) is 14.7. The second-order valence-corrected chi connectivity index (χ2v) is 7.12. The average molecular weight is 350 g/mol. The molecule has 0 unspecified atom stereocenters. The zero-order valence-electron chi connectivity index (χ0n) is 13.9. The van der Waals surface area contributed by atoms with Crippen LogP contribution in [0.15, 0.2) is 65.3 Å². The highest BCUT2D eigenvalue weighted by Crippen LogP contribution is 2.27. The fourth-order valence-electron chi connectivity index (χ4n) is 2.75. The monoisotopic (exact) mass is 350 g/mol. The number of nitrogens with zero attached hydrogens (tertiary/aromatic N) is 2. The minimum absolute atomic E-state index is 0.106. The highest BCUT2D eigenvalue weighted by atomic mass is 32.2. The van der Waals surface area contributed by atoms with Gasteiger partial charge >= 0.3 is 0 Å². The molecule has 0 radical (unpaired) electrons. The smallest absolute Gasteiger partial charge is 0.280 e. The molecule has 4 nitrogen and oxygen atoms in total. The van der Waals surface area contributed by atoms with E-state index in [1.54, 1.807) is 0 Å². The van der Waals surface area contributed by atoms with Gasteiger partial charge in [-0.15, -0.1) is 0 Å². The molecule has 1 amide bonds. The molecule has 1 fully saturated rings. The van der Waals surface area contributed by atoms with Crippen molar-refractivity contribution in [2.45, 2.75) is 13.0 Å². The quantitative estimate of drug-likeness (QED) is 0.783. The van der Waals surface area contributed by atoms with E-state index in [0.717, 1.165) is 34.2 Å². The third-order valence-corrected chi connectivity index (χ3v) is 5.36. The van der Waals surface area contributed by atoms with E-state index in [-0.39, 0.29) is 5.91 Å². The van der Waals surface area contributed by atoms with E-state index in [1.165, 1.54) is 5.01 Å². The van der Waals surface area contributed by atoms with Crippen molar-refractivity contribution >= 4 is 35.1 Å². The number of para-hydroxylation sites is 1. The predicted octanol–water partition coefficient (Wildman–Crippen LogP) is 3.99. The summed E-state index contributed by atoms with van der Waals surface area (Å²) in [6, 6.07) is 17.3. The first kappa shape index (κ1) is 16.0. The van der Waals surface area contributed by atoms with Crippen molar-refractivity contribution in [3.63, 3.8) is 0 Å². The number of anilines is 1. The molecular weight excluding hydrogens is 332 g/mol. The number of carbonyl (C=O) groups excluding carboxylic acids is 1. The fourth-order valence-corrected chi connectivity index (χ4v) is 3.31. The normalized spacial score (nSPS) is 19.1. The van der Waals surface area contributed by atoms with Gasteiger partial charge in [0.2, 0.25) is 0 Å². The van der Waals surface area contributed by atoms with Crippen LogP contribution in [0.3, 0.4) is 0 Å². The Hall–Kier alpha value is -2.53. The molecule has 0 N–H and O–H groups in total. The fraction of sp³-hybridized carbons (Fsp3) is 0.200. The Morgan fingerprint density at radius 1 is 1.16 bits per heavy atom. The predicted molar refractivity (Wildman–Crippen MR) is 103 cm³/mol. The summed E-state index contributed by atoms with van der Waals surface area (Å²) in [7, 11) is 0. The topological polar surface area (TPSA) is 41.9 Å². The first-order chi connectivity index (χ1) is 12.2. The molecule has 5 heteroatoms. The largest absolute Gasteiger partial charge is 0.489 e. The molecule has 0 atom stereocenters. The molecule has 0 saturated carbocycles. The molecule has 25 heavy (non-hydrogen) atoms. The van der Waals surface area contributed by atoms with Crippen molar-refractivity contribution < 1.29 is 9.53 Å². The van der Waals surface area contributed by atoms with E-state index in [9.17, 15) is 4.79 Å². The summed E-state index contributed by atoms with van der Waals surface area (Å²) in [6.07, 6.45) is 2.19. The zero-order chi connectivity index (χ0) is 17.2. The molecule has 2 aromatic rings. The maximum Gasteiger partial charge on any atom is 0.280 e. The maximum atomic E-state index is 12.7. The lowest BCUT2D eigenvalue weighted by atomic mass is 10.1. The standard InChI is InChI=1S/C20H18N2O2S/c1-14-19(20(23)22(21-14)16-7-3-2-4-8-16)11-15-6-5-9-17(10-15)24-18-12-25-13-18/h2-11,18H,12-13H2,1H3/b19-11-. The van der Waals surface area contributed by atoms with Crippen molar-refractivity contribution in [1.82, 2.24) is 0 Å². The van der Waals surface area contributed by atoms with Gasteiger partial charge in [-0.05, 0) is 42.8 Å². The lowest BCUT2D eigenvalue weighted by molar-refractivity contribution is -0.114. The second kappa shape index (κ2) is 6.76. The maximum absolute atomic E-state index is 12.7. The molecule has 2 aromatic carbocycles. The van der Waals surface area contributed by atoms with E-state index in [2.05, 4.69) is 5.10 Å². The summed E-state index contributed by atoms with van der Waals surface area (Å²) in [4.78, 5) is 12.7. The van der Waals surface area contributed by atoms with Crippen molar-refractivity contribution in [3.8, 4) is 5.75 Å². The number of hydrogen-bond acceptors (Lipinski definition) is 4. The van der Waals surface area contributed by atoms with Crippen molar-refractivity contribution in [1.29, 1.82) is 0 Å². The van der Waals surface area contributed by atoms with Crippen LogP contribution in [0.5, 0.6) is 5.75 Å². The van der Waals surface area contributed by atoms with Gasteiger partial charge in [0, 0.05) is 11.5 Å². The van der Waals surface area contributed by atoms with Crippen LogP contribution in [0.1, 0.15) is 12.5 Å². The minimum Gasteiger partial charge on any atom is -0.489 e. The van der Waals surface area contributed by atoms with E-state index >= 15 is 0 Å². The average Bonchev–Trinajstić information content (AvgIpc) is 2.88. The molecule has 0 spiro atoms. The highest BCUT2D eigenvalue weighted by molar-refractivity contribution is 8.00. The van der Waals surface area contributed by atoms with Crippen LogP contribution in [-0.4, -0.2) is 29.2 Å². The molecule has 0 bridgehead atoms. The summed E-state index contributed by atoms with van der Waals surface area (Å²) in [6.45, 7) is 1.86. The Morgan fingerprint density at radius 3 is 2.68 bits per heavy atom. The Kier molecular flexibility index (Phi) is 4.32. The molecule has 2 aliphatic heterocycles. The molecule has 0 aromatic heterocycles. The van der Waals surface area contributed by atoms with E-state index < -0.39 is 0 Å². The summed E-state index contributed by atoms with van der Waals surface area (Å²) in [5.74, 6) is 2.83. The van der Waals surface area contributed by atoms with E-state index in [1.807, 2.05) is 79.4 Å². The van der Waals surface area contributed by atoms with Gasteiger partial charge in [0.1, 0.15) is 11.9 Å². The molecule has 2 heterocycles. The third kappa shape index (κ3) is 3.33. The van der Waals surface area contributed by atoms with Gasteiger partial charge in [0.25, 0.3) is 5.91 Å². The van der Waals surface area contributed by atoms with E-state index in [0.29, 0.717) is 11.7 Å². The Labute approximate surface area is 151 Å². The van der Waals surface area contributed by atoms with Gasteiger partial charge in [0.15, 0.2) is 0 Å². The number of thioether (sulfide) groups is 1. The van der Waals surface area contributed by atoms with Crippen LogP contribution in [0.4, 0.5) is 5.69 Å². The van der Waals surface area contributed by atoms with Crippen LogP contribution in [-0.2, 0) is 4.79 Å². The van der Waals surface area contributed by atoms with Crippen molar-refractivity contribution in [2.75, 3.05) is 16.5 Å². The number of rotatable bonds is 4. The molecule has 1 saturated heterocycles. The number of hydrogen-bond donors (Lipinski definition) is 0. The van der Waals surface area contributed by atoms with Crippen LogP contribution >= 0.6 is 11.8 Å². The van der Waals surface area contributed by atoms with Crippen LogP contribution in [0, 0.1) is 0 Å². The number of amides is 1. The molecule has 4 rings (SSSR count). The van der Waals surface area contributed by atoms with Gasteiger partial charge in [-0.3, -0.25) is 4.79 Å². The lowest BCUT2D eigenvalue weighted by Crippen LogP contribution is -2.30. The van der Waals surface area contributed by atoms with Gasteiger partial charge < -0.3 is 4.74 Å². The van der Waals surface area contributed by atoms with Crippen molar-refractivity contribution in [2.24, 2.45) is 5.10 Å². The van der Waals surface area contributed by atoms with Gasteiger partial charge in [-0.1, -0.05) is 30.3 Å². The Balaban J connectivity index is 1.58. The van der Waals surface area contributed by atoms with Gasteiger partial charge in [-0.2, -0.15) is 21.9 Å². The second-order valence-electron chi connectivity index (χ2n) is 6.05. The Bertz CT molecular complexity index is 857. The van der Waals surface area contributed by atoms with Gasteiger partial charge in [-0.25, -0.2) is 0 Å². The minimum atomic E-state index is -0.106. The summed E-state index contributed by atoms with van der Waals surface area (Å²) < 4.78 is 5.92. The number of benzene rings is 2. The SMILES string of the molecule is CC1=NN(c2ccccc2)C(=O)/C1=C\c1cccc(OC2CSC2)c1. The molecule has 126 valence electrons. The summed E-state index contributed by atoms with van der Waals surface area (Å²) in [5.41, 5.74) is 3.04. The number of ether oxygens (including phenoxy) is 1. The van der Waals surface area contributed by atoms with Crippen LogP contribution < -0.4 is 9.75 Å². The Morgan fingerprint density at radius 2 is 1.96 bits per heavy atom. The molecular formula is C20H18N2O2S. The van der Waals surface area contributed by atoms with Crippen LogP contribution in [0.25, 0.3) is 6.08 Å². The third-order valence-electron chi connectivity index (χ3n) is 4.14. The lowest BCUT2D eigenvalue weighted by Gasteiger charge is -2.25. The summed E-state index contributed by atoms with van der Waals surface area (Å²) in [5, 5.41) is 5.86. The first-order valence-electron chi connectivity index (χ1n) is 8.22. The van der Waals surface area contributed by atoms with E-state index in [4.69, 9.17) is 4.74 Å². The number of hydrazone groups is 1. The summed E-state index contributed by atoms with van der Waals surface area (Å²) >= 11 is 1.89. The van der Waals surface area contributed by atoms with Crippen LogP contribution in [0.2, 0.25) is 0 Å². The number of carbonyl (C=O) groups is 1. The highest BCUT2D eigenvalue weighted by Gasteiger charge is 2.28. The first-order valence-corrected chi connectivity index (χ1v) is 9.37. The van der Waals surface area contributed by atoms with Gasteiger partial charge in [0.05, 0.1) is 17.0 Å². The molecule has 0 aliphatic carbocycles.